The summed E-state index contributed by atoms with van der Waals surface area (Å²) < 4.78 is 5.58. The first-order valence-corrected chi connectivity index (χ1v) is 6.97. The average Bonchev–Trinajstić information content (AvgIpc) is 2.45. The molecule has 0 bridgehead atoms. The number of carbonyl (C=O) groups excluding carboxylic acids is 1. The molecular weight excluding hydrogens is 240 g/mol. The van der Waals surface area contributed by atoms with Gasteiger partial charge in [0.2, 0.25) is 0 Å². The van der Waals surface area contributed by atoms with Crippen LogP contribution < -0.4 is 10.1 Å². The Morgan fingerprint density at radius 1 is 1.53 bits per heavy atom. The first kappa shape index (κ1) is 13.9. The van der Waals surface area contributed by atoms with Gasteiger partial charge in [-0.25, -0.2) is 0 Å². The number of piperazine rings is 1. The fourth-order valence-corrected chi connectivity index (χ4v) is 2.25. The molecule has 1 heterocycles. The van der Waals surface area contributed by atoms with E-state index in [1.54, 1.807) is 0 Å². The van der Waals surface area contributed by atoms with Crippen LogP contribution >= 0.6 is 0 Å². The molecule has 0 aromatic heterocycles. The van der Waals surface area contributed by atoms with E-state index < -0.39 is 0 Å². The minimum Gasteiger partial charge on any atom is -0.494 e. The molecule has 0 radical (unpaired) electrons. The molecule has 1 aliphatic rings. The normalized spacial score (nSPS) is 19.3. The predicted octanol–water partition coefficient (Wildman–Crippen LogP) is 1.91. The van der Waals surface area contributed by atoms with Crippen LogP contribution in [-0.2, 0) is 0 Å². The Labute approximate surface area is 114 Å². The van der Waals surface area contributed by atoms with Gasteiger partial charge in [0.25, 0.3) is 5.91 Å². The minimum absolute atomic E-state index is 0.0935. The molecule has 1 unspecified atom stereocenters. The molecule has 104 valence electrons. The topological polar surface area (TPSA) is 41.6 Å². The maximum atomic E-state index is 12.5. The lowest BCUT2D eigenvalue weighted by Gasteiger charge is -2.34. The van der Waals surface area contributed by atoms with Crippen LogP contribution in [0.2, 0.25) is 0 Å². The van der Waals surface area contributed by atoms with E-state index in [1.165, 1.54) is 0 Å². The Kier molecular flexibility index (Phi) is 4.80. The van der Waals surface area contributed by atoms with E-state index in [4.69, 9.17) is 4.74 Å². The van der Waals surface area contributed by atoms with Gasteiger partial charge in [-0.2, -0.15) is 0 Å². The molecule has 1 saturated heterocycles. The van der Waals surface area contributed by atoms with Crippen molar-refractivity contribution in [2.45, 2.75) is 26.3 Å². The van der Waals surface area contributed by atoms with Gasteiger partial charge < -0.3 is 15.0 Å². The molecule has 1 aromatic rings. The van der Waals surface area contributed by atoms with Crippen molar-refractivity contribution in [3.63, 3.8) is 0 Å². The number of nitrogens with one attached hydrogen (secondary N) is 1. The van der Waals surface area contributed by atoms with Crippen LogP contribution in [0.5, 0.6) is 5.75 Å². The highest BCUT2D eigenvalue weighted by atomic mass is 16.5. The molecule has 0 saturated carbocycles. The van der Waals surface area contributed by atoms with E-state index >= 15 is 0 Å². The molecule has 1 fully saturated rings. The SMILES string of the molecule is CCCOc1cccc(C(=O)N2CCNCC2C)c1. The summed E-state index contributed by atoms with van der Waals surface area (Å²) in [5.74, 6) is 0.867. The van der Waals surface area contributed by atoms with Gasteiger partial charge in [0.05, 0.1) is 6.61 Å². The Hall–Kier alpha value is -1.55. The van der Waals surface area contributed by atoms with E-state index in [2.05, 4.69) is 19.2 Å². The average molecular weight is 262 g/mol. The lowest BCUT2D eigenvalue weighted by molar-refractivity contribution is 0.0655. The van der Waals surface area contributed by atoms with Crippen LogP contribution in [0.25, 0.3) is 0 Å². The van der Waals surface area contributed by atoms with Gasteiger partial charge >= 0.3 is 0 Å². The minimum atomic E-state index is 0.0935. The first-order valence-electron chi connectivity index (χ1n) is 6.97. The van der Waals surface area contributed by atoms with Crippen LogP contribution in [0, 0.1) is 0 Å². The number of hydrogen-bond acceptors (Lipinski definition) is 3. The molecule has 0 spiro atoms. The van der Waals surface area contributed by atoms with Gasteiger partial charge in [-0.3, -0.25) is 4.79 Å². The zero-order chi connectivity index (χ0) is 13.7. The van der Waals surface area contributed by atoms with Gasteiger partial charge in [-0.05, 0) is 31.5 Å². The summed E-state index contributed by atoms with van der Waals surface area (Å²) in [5.41, 5.74) is 0.711. The largest absolute Gasteiger partial charge is 0.494 e. The number of nitrogens with zero attached hydrogens (tertiary/aromatic N) is 1. The summed E-state index contributed by atoms with van der Waals surface area (Å²) in [6, 6.07) is 7.71. The maximum Gasteiger partial charge on any atom is 0.254 e. The highest BCUT2D eigenvalue weighted by Gasteiger charge is 2.24. The Bertz CT molecular complexity index is 434. The summed E-state index contributed by atoms with van der Waals surface area (Å²) in [6.07, 6.45) is 0.965. The van der Waals surface area contributed by atoms with Crippen molar-refractivity contribution in [3.8, 4) is 5.75 Å². The molecule has 1 N–H and O–H groups in total. The lowest BCUT2D eigenvalue weighted by Crippen LogP contribution is -2.52. The second-order valence-electron chi connectivity index (χ2n) is 4.93. The second-order valence-corrected chi connectivity index (χ2v) is 4.93. The van der Waals surface area contributed by atoms with Crippen molar-refractivity contribution in [1.82, 2.24) is 10.2 Å². The van der Waals surface area contributed by atoms with Crippen LogP contribution in [0.4, 0.5) is 0 Å². The van der Waals surface area contributed by atoms with E-state index in [9.17, 15) is 4.79 Å². The van der Waals surface area contributed by atoms with Gasteiger partial charge in [0.1, 0.15) is 5.75 Å². The lowest BCUT2D eigenvalue weighted by atomic mass is 10.1. The molecule has 19 heavy (non-hydrogen) atoms. The quantitative estimate of drug-likeness (QED) is 0.901. The highest BCUT2D eigenvalue weighted by molar-refractivity contribution is 5.94. The summed E-state index contributed by atoms with van der Waals surface area (Å²) in [7, 11) is 0. The van der Waals surface area contributed by atoms with Crippen molar-refractivity contribution >= 4 is 5.91 Å². The summed E-state index contributed by atoms with van der Waals surface area (Å²) >= 11 is 0. The van der Waals surface area contributed by atoms with Crippen molar-refractivity contribution < 1.29 is 9.53 Å². The van der Waals surface area contributed by atoms with Gasteiger partial charge in [-0.15, -0.1) is 0 Å². The highest BCUT2D eigenvalue weighted by Crippen LogP contribution is 2.17. The Morgan fingerprint density at radius 2 is 2.37 bits per heavy atom. The Balaban J connectivity index is 2.09. The zero-order valence-corrected chi connectivity index (χ0v) is 11.7. The third-order valence-electron chi connectivity index (χ3n) is 3.32. The number of ether oxygens (including phenoxy) is 1. The first-order chi connectivity index (χ1) is 9.22. The van der Waals surface area contributed by atoms with E-state index in [0.29, 0.717) is 12.2 Å². The van der Waals surface area contributed by atoms with Crippen LogP contribution in [0.3, 0.4) is 0 Å². The molecule has 1 aromatic carbocycles. The van der Waals surface area contributed by atoms with E-state index in [-0.39, 0.29) is 11.9 Å². The van der Waals surface area contributed by atoms with Crippen molar-refractivity contribution in [3.05, 3.63) is 29.8 Å². The zero-order valence-electron chi connectivity index (χ0n) is 11.7. The van der Waals surface area contributed by atoms with Crippen LogP contribution in [-0.4, -0.2) is 43.1 Å². The van der Waals surface area contributed by atoms with Gasteiger partial charge in [0, 0.05) is 31.2 Å². The maximum absolute atomic E-state index is 12.5. The summed E-state index contributed by atoms with van der Waals surface area (Å²) in [4.78, 5) is 14.4. The van der Waals surface area contributed by atoms with E-state index in [0.717, 1.165) is 31.8 Å². The molecule has 2 rings (SSSR count). The van der Waals surface area contributed by atoms with E-state index in [1.807, 2.05) is 29.2 Å². The monoisotopic (exact) mass is 262 g/mol. The molecule has 1 atom stereocenters. The molecular formula is C15H22N2O2. The Morgan fingerprint density at radius 3 is 3.11 bits per heavy atom. The fraction of sp³-hybridized carbons (Fsp3) is 0.533. The third-order valence-corrected chi connectivity index (χ3v) is 3.32. The molecule has 1 amide bonds. The molecule has 4 heteroatoms. The summed E-state index contributed by atoms with van der Waals surface area (Å²) in [6.45, 7) is 7.31. The molecule has 0 aliphatic carbocycles. The summed E-state index contributed by atoms with van der Waals surface area (Å²) in [5, 5.41) is 3.29. The third kappa shape index (κ3) is 3.47. The van der Waals surface area contributed by atoms with Crippen LogP contribution in [0.15, 0.2) is 24.3 Å². The number of benzene rings is 1. The van der Waals surface area contributed by atoms with Crippen molar-refractivity contribution in [1.29, 1.82) is 0 Å². The predicted molar refractivity (Wildman–Crippen MR) is 75.6 cm³/mol. The van der Waals surface area contributed by atoms with Crippen LogP contribution in [0.1, 0.15) is 30.6 Å². The second kappa shape index (κ2) is 6.57. The number of amides is 1. The van der Waals surface area contributed by atoms with Gasteiger partial charge in [0.15, 0.2) is 0 Å². The molecule has 4 nitrogen and oxygen atoms in total. The smallest absolute Gasteiger partial charge is 0.254 e. The number of carbonyl (C=O) groups is 1. The van der Waals surface area contributed by atoms with Crippen molar-refractivity contribution in [2.24, 2.45) is 0 Å². The standard InChI is InChI=1S/C15H22N2O2/c1-3-9-19-14-6-4-5-13(10-14)15(18)17-8-7-16-11-12(17)2/h4-6,10,12,16H,3,7-9,11H2,1-2H3. The number of rotatable bonds is 4. The van der Waals surface area contributed by atoms with Gasteiger partial charge in [-0.1, -0.05) is 13.0 Å². The molecule has 1 aliphatic heterocycles. The fourth-order valence-electron chi connectivity index (χ4n) is 2.25. The van der Waals surface area contributed by atoms with Crippen molar-refractivity contribution in [2.75, 3.05) is 26.2 Å². The number of hydrogen-bond donors (Lipinski definition) is 1.